The van der Waals surface area contributed by atoms with Crippen LogP contribution in [0.4, 0.5) is 0 Å². The molecule has 0 aliphatic heterocycles. The Labute approximate surface area is 134 Å². The molecule has 0 bridgehead atoms. The summed E-state index contributed by atoms with van der Waals surface area (Å²) in [6, 6.07) is 7.28. The maximum absolute atomic E-state index is 12.4. The Morgan fingerprint density at radius 1 is 1.23 bits per heavy atom. The SMILES string of the molecule is CC(c1ccncc1)N(C)C(=O)CN(C)C(=O)c1cccs1. The molecule has 0 spiro atoms. The molecule has 1 unspecified atom stereocenters. The number of thiophene rings is 1. The fourth-order valence-electron chi connectivity index (χ4n) is 2.06. The van der Waals surface area contributed by atoms with Crippen molar-refractivity contribution in [3.05, 3.63) is 52.5 Å². The highest BCUT2D eigenvalue weighted by atomic mass is 32.1. The minimum absolute atomic E-state index is 0.0582. The van der Waals surface area contributed by atoms with Crippen LogP contribution in [-0.4, -0.2) is 47.2 Å². The molecule has 0 fully saturated rings. The molecule has 0 saturated heterocycles. The summed E-state index contributed by atoms with van der Waals surface area (Å²) >= 11 is 1.37. The maximum atomic E-state index is 12.4. The van der Waals surface area contributed by atoms with Gasteiger partial charge in [-0.3, -0.25) is 14.6 Å². The molecular formula is C16H19N3O2S. The Hall–Kier alpha value is -2.21. The molecule has 2 aromatic heterocycles. The monoisotopic (exact) mass is 317 g/mol. The summed E-state index contributed by atoms with van der Waals surface area (Å²) in [6.45, 7) is 2.01. The Morgan fingerprint density at radius 2 is 1.91 bits per heavy atom. The molecule has 22 heavy (non-hydrogen) atoms. The van der Waals surface area contributed by atoms with Gasteiger partial charge >= 0.3 is 0 Å². The summed E-state index contributed by atoms with van der Waals surface area (Å²) in [5, 5.41) is 1.85. The number of hydrogen-bond acceptors (Lipinski definition) is 4. The van der Waals surface area contributed by atoms with Crippen LogP contribution in [0.5, 0.6) is 0 Å². The van der Waals surface area contributed by atoms with Gasteiger partial charge in [-0.2, -0.15) is 0 Å². The van der Waals surface area contributed by atoms with Crippen molar-refractivity contribution in [1.82, 2.24) is 14.8 Å². The second-order valence-corrected chi connectivity index (χ2v) is 6.05. The van der Waals surface area contributed by atoms with Crippen molar-refractivity contribution in [2.45, 2.75) is 13.0 Å². The summed E-state index contributed by atoms with van der Waals surface area (Å²) in [5.74, 6) is -0.231. The average molecular weight is 317 g/mol. The molecule has 5 nitrogen and oxygen atoms in total. The Bertz CT molecular complexity index is 628. The number of likely N-dealkylation sites (N-methyl/N-ethyl adjacent to an activating group) is 2. The van der Waals surface area contributed by atoms with Crippen LogP contribution in [0.15, 0.2) is 42.0 Å². The van der Waals surface area contributed by atoms with Crippen LogP contribution in [0.2, 0.25) is 0 Å². The number of carbonyl (C=O) groups excluding carboxylic acids is 2. The second-order valence-electron chi connectivity index (χ2n) is 5.10. The van der Waals surface area contributed by atoms with Crippen molar-refractivity contribution < 1.29 is 9.59 Å². The number of pyridine rings is 1. The van der Waals surface area contributed by atoms with Gasteiger partial charge in [-0.1, -0.05) is 6.07 Å². The molecular weight excluding hydrogens is 298 g/mol. The summed E-state index contributed by atoms with van der Waals surface area (Å²) in [6.07, 6.45) is 3.41. The molecule has 0 aromatic carbocycles. The van der Waals surface area contributed by atoms with Crippen molar-refractivity contribution in [2.24, 2.45) is 0 Å². The van der Waals surface area contributed by atoms with E-state index in [0.717, 1.165) is 5.56 Å². The van der Waals surface area contributed by atoms with Gasteiger partial charge in [0.1, 0.15) is 0 Å². The van der Waals surface area contributed by atoms with Crippen molar-refractivity contribution >= 4 is 23.2 Å². The lowest BCUT2D eigenvalue weighted by Gasteiger charge is -2.27. The summed E-state index contributed by atoms with van der Waals surface area (Å²) < 4.78 is 0. The molecule has 0 aliphatic rings. The highest BCUT2D eigenvalue weighted by Gasteiger charge is 2.21. The fraction of sp³-hybridized carbons (Fsp3) is 0.312. The van der Waals surface area contributed by atoms with E-state index >= 15 is 0 Å². The summed E-state index contributed by atoms with van der Waals surface area (Å²) in [4.78, 5) is 32.2. The molecule has 0 radical (unpaired) electrons. The largest absolute Gasteiger partial charge is 0.337 e. The third kappa shape index (κ3) is 3.71. The topological polar surface area (TPSA) is 53.5 Å². The number of nitrogens with zero attached hydrogens (tertiary/aromatic N) is 3. The van der Waals surface area contributed by atoms with Crippen LogP contribution in [0, 0.1) is 0 Å². The van der Waals surface area contributed by atoms with Gasteiger partial charge in [-0.05, 0) is 36.1 Å². The minimum Gasteiger partial charge on any atom is -0.337 e. The maximum Gasteiger partial charge on any atom is 0.264 e. The fourth-order valence-corrected chi connectivity index (χ4v) is 2.77. The lowest BCUT2D eigenvalue weighted by atomic mass is 10.1. The molecule has 0 N–H and O–H groups in total. The van der Waals surface area contributed by atoms with E-state index < -0.39 is 0 Å². The quantitative estimate of drug-likeness (QED) is 0.851. The molecule has 2 aromatic rings. The Kier molecular flexibility index (Phi) is 5.27. The molecule has 1 atom stereocenters. The van der Waals surface area contributed by atoms with Gasteiger partial charge in [0, 0.05) is 26.5 Å². The third-order valence-electron chi connectivity index (χ3n) is 3.61. The smallest absolute Gasteiger partial charge is 0.264 e. The zero-order chi connectivity index (χ0) is 16.1. The zero-order valence-electron chi connectivity index (χ0n) is 12.9. The summed E-state index contributed by atoms with van der Waals surface area (Å²) in [7, 11) is 3.39. The van der Waals surface area contributed by atoms with E-state index in [-0.39, 0.29) is 24.4 Å². The molecule has 2 amide bonds. The second kappa shape index (κ2) is 7.17. The van der Waals surface area contributed by atoms with Crippen molar-refractivity contribution in [3.8, 4) is 0 Å². The molecule has 2 heterocycles. The van der Waals surface area contributed by atoms with Crippen LogP contribution < -0.4 is 0 Å². The standard InChI is InChI=1S/C16H19N3O2S/c1-12(13-6-8-17-9-7-13)19(3)15(20)11-18(2)16(21)14-5-4-10-22-14/h4-10,12H,11H2,1-3H3. The molecule has 6 heteroatoms. The Balaban J connectivity index is 1.98. The van der Waals surface area contributed by atoms with Gasteiger partial charge < -0.3 is 9.80 Å². The van der Waals surface area contributed by atoms with Crippen LogP contribution in [0.1, 0.15) is 28.2 Å². The minimum atomic E-state index is -0.131. The first kappa shape index (κ1) is 16.2. The number of hydrogen-bond donors (Lipinski definition) is 0. The van der Waals surface area contributed by atoms with E-state index in [1.165, 1.54) is 16.2 Å². The van der Waals surface area contributed by atoms with Crippen LogP contribution in [-0.2, 0) is 4.79 Å². The molecule has 0 saturated carbocycles. The average Bonchev–Trinajstić information content (AvgIpc) is 3.07. The van der Waals surface area contributed by atoms with Crippen LogP contribution in [0.3, 0.4) is 0 Å². The van der Waals surface area contributed by atoms with Gasteiger partial charge in [-0.15, -0.1) is 11.3 Å². The highest BCUT2D eigenvalue weighted by Crippen LogP contribution is 2.18. The predicted molar refractivity (Wildman–Crippen MR) is 86.7 cm³/mol. The molecule has 0 aliphatic carbocycles. The lowest BCUT2D eigenvalue weighted by molar-refractivity contribution is -0.132. The van der Waals surface area contributed by atoms with E-state index in [9.17, 15) is 9.59 Å². The first-order valence-electron chi connectivity index (χ1n) is 6.95. The van der Waals surface area contributed by atoms with Crippen LogP contribution >= 0.6 is 11.3 Å². The van der Waals surface area contributed by atoms with Crippen molar-refractivity contribution in [1.29, 1.82) is 0 Å². The zero-order valence-corrected chi connectivity index (χ0v) is 13.7. The number of aromatic nitrogens is 1. The Morgan fingerprint density at radius 3 is 2.50 bits per heavy atom. The van der Waals surface area contributed by atoms with E-state index in [2.05, 4.69) is 4.98 Å². The van der Waals surface area contributed by atoms with Crippen molar-refractivity contribution in [2.75, 3.05) is 20.6 Å². The van der Waals surface area contributed by atoms with E-state index in [4.69, 9.17) is 0 Å². The first-order valence-corrected chi connectivity index (χ1v) is 7.83. The van der Waals surface area contributed by atoms with E-state index in [1.54, 1.807) is 37.5 Å². The van der Waals surface area contributed by atoms with E-state index in [1.807, 2.05) is 30.5 Å². The summed E-state index contributed by atoms with van der Waals surface area (Å²) in [5.41, 5.74) is 1.01. The lowest BCUT2D eigenvalue weighted by Crippen LogP contribution is -2.40. The number of rotatable bonds is 5. The number of carbonyl (C=O) groups is 2. The predicted octanol–water partition coefficient (Wildman–Crippen LogP) is 2.43. The highest BCUT2D eigenvalue weighted by molar-refractivity contribution is 7.12. The van der Waals surface area contributed by atoms with E-state index in [0.29, 0.717) is 4.88 Å². The van der Waals surface area contributed by atoms with Crippen LogP contribution in [0.25, 0.3) is 0 Å². The molecule has 116 valence electrons. The molecule has 2 rings (SSSR count). The third-order valence-corrected chi connectivity index (χ3v) is 4.47. The first-order chi connectivity index (χ1) is 10.5. The van der Waals surface area contributed by atoms with Gasteiger partial charge in [0.05, 0.1) is 17.5 Å². The van der Waals surface area contributed by atoms with Gasteiger partial charge in [-0.25, -0.2) is 0 Å². The normalized spacial score (nSPS) is 11.8. The van der Waals surface area contributed by atoms with Gasteiger partial charge in [0.15, 0.2) is 0 Å². The van der Waals surface area contributed by atoms with Crippen molar-refractivity contribution in [3.63, 3.8) is 0 Å². The number of amides is 2. The van der Waals surface area contributed by atoms with Gasteiger partial charge in [0.25, 0.3) is 5.91 Å². The van der Waals surface area contributed by atoms with Gasteiger partial charge in [0.2, 0.25) is 5.91 Å².